The maximum absolute atomic E-state index is 10.9. The van der Waals surface area contributed by atoms with Crippen LogP contribution in [0.5, 0.6) is 0 Å². The number of amides is 2. The SMILES string of the molecule is CCC(C)OC(=O)NC(=O)OC(C)=O.[Na+]. The Kier molecular flexibility index (Phi) is 9.76. The molecule has 0 heterocycles. The molecular weight excluding hydrogens is 213 g/mol. The average molecular weight is 226 g/mol. The van der Waals surface area contributed by atoms with Gasteiger partial charge in [-0.25, -0.2) is 14.9 Å². The van der Waals surface area contributed by atoms with Gasteiger partial charge in [-0.05, 0) is 13.3 Å². The molecule has 0 aromatic carbocycles. The van der Waals surface area contributed by atoms with E-state index in [0.29, 0.717) is 6.42 Å². The van der Waals surface area contributed by atoms with E-state index < -0.39 is 18.2 Å². The summed E-state index contributed by atoms with van der Waals surface area (Å²) in [5, 5.41) is 1.73. The van der Waals surface area contributed by atoms with Gasteiger partial charge >= 0.3 is 47.7 Å². The van der Waals surface area contributed by atoms with E-state index in [-0.39, 0.29) is 35.7 Å². The van der Waals surface area contributed by atoms with Gasteiger partial charge in [-0.1, -0.05) is 6.92 Å². The summed E-state index contributed by atoms with van der Waals surface area (Å²) in [4.78, 5) is 31.8. The summed E-state index contributed by atoms with van der Waals surface area (Å²) < 4.78 is 8.74. The largest absolute Gasteiger partial charge is 1.00 e. The predicted molar refractivity (Wildman–Crippen MR) is 46.5 cm³/mol. The first-order valence-electron chi connectivity index (χ1n) is 4.15. The van der Waals surface area contributed by atoms with E-state index in [4.69, 9.17) is 0 Å². The Morgan fingerprint density at radius 2 is 1.80 bits per heavy atom. The number of hydrogen-bond acceptors (Lipinski definition) is 5. The molecule has 1 atom stereocenters. The van der Waals surface area contributed by atoms with Gasteiger partial charge in [0, 0.05) is 6.92 Å². The van der Waals surface area contributed by atoms with E-state index in [1.807, 2.05) is 6.92 Å². The fraction of sp³-hybridized carbons (Fsp3) is 0.625. The summed E-state index contributed by atoms with van der Waals surface area (Å²) in [7, 11) is 0. The van der Waals surface area contributed by atoms with Crippen LogP contribution in [-0.2, 0) is 14.3 Å². The molecule has 1 unspecified atom stereocenters. The van der Waals surface area contributed by atoms with Crippen molar-refractivity contribution >= 4 is 18.2 Å². The quantitative estimate of drug-likeness (QED) is 0.341. The fourth-order valence-electron chi connectivity index (χ4n) is 0.535. The average Bonchev–Trinajstić information content (AvgIpc) is 2.01. The summed E-state index contributed by atoms with van der Waals surface area (Å²) >= 11 is 0. The number of esters is 1. The first-order chi connectivity index (χ1) is 6.45. The Morgan fingerprint density at radius 1 is 1.27 bits per heavy atom. The third-order valence-corrected chi connectivity index (χ3v) is 1.32. The van der Waals surface area contributed by atoms with Crippen LogP contribution >= 0.6 is 0 Å². The summed E-state index contributed by atoms with van der Waals surface area (Å²) in [5.74, 6) is -0.793. The summed E-state index contributed by atoms with van der Waals surface area (Å²) in [6, 6.07) is 0. The van der Waals surface area contributed by atoms with Gasteiger partial charge in [0.15, 0.2) is 0 Å². The maximum Gasteiger partial charge on any atom is 1.00 e. The summed E-state index contributed by atoms with van der Waals surface area (Å²) in [6.07, 6.45) is -1.72. The molecule has 0 aromatic heterocycles. The molecule has 6 nitrogen and oxygen atoms in total. The number of imide groups is 1. The number of rotatable bonds is 2. The smallest absolute Gasteiger partial charge is 0.446 e. The molecule has 2 amide bonds. The molecule has 0 aromatic rings. The van der Waals surface area contributed by atoms with Crippen LogP contribution in [-0.4, -0.2) is 24.3 Å². The van der Waals surface area contributed by atoms with Crippen molar-refractivity contribution in [3.05, 3.63) is 0 Å². The van der Waals surface area contributed by atoms with Crippen LogP contribution in [0.25, 0.3) is 0 Å². The molecular formula is C8H13NNaO5+. The molecule has 0 rings (SSSR count). The molecule has 0 bridgehead atoms. The van der Waals surface area contributed by atoms with E-state index in [2.05, 4.69) is 9.47 Å². The summed E-state index contributed by atoms with van der Waals surface area (Å²) in [6.45, 7) is 4.56. The minimum absolute atomic E-state index is 0. The molecule has 0 saturated heterocycles. The molecule has 15 heavy (non-hydrogen) atoms. The number of hydrogen-bond donors (Lipinski definition) is 1. The van der Waals surface area contributed by atoms with Crippen molar-refractivity contribution in [1.82, 2.24) is 5.32 Å². The number of ether oxygens (including phenoxy) is 2. The van der Waals surface area contributed by atoms with E-state index in [9.17, 15) is 14.4 Å². The van der Waals surface area contributed by atoms with Gasteiger partial charge < -0.3 is 9.47 Å². The van der Waals surface area contributed by atoms with E-state index in [1.54, 1.807) is 12.2 Å². The normalized spacial score (nSPS) is 10.6. The van der Waals surface area contributed by atoms with Gasteiger partial charge in [-0.2, -0.15) is 0 Å². The van der Waals surface area contributed by atoms with E-state index in [1.165, 1.54) is 0 Å². The molecule has 80 valence electrons. The van der Waals surface area contributed by atoms with Crippen molar-refractivity contribution in [2.75, 3.05) is 0 Å². The minimum Gasteiger partial charge on any atom is -0.446 e. The van der Waals surface area contributed by atoms with Crippen LogP contribution in [0.4, 0.5) is 9.59 Å². The number of alkyl carbamates (subject to hydrolysis) is 2. The fourth-order valence-corrected chi connectivity index (χ4v) is 0.535. The second kappa shape index (κ2) is 8.70. The second-order valence-corrected chi connectivity index (χ2v) is 2.63. The van der Waals surface area contributed by atoms with Gasteiger partial charge in [0.25, 0.3) is 0 Å². The molecule has 0 radical (unpaired) electrons. The van der Waals surface area contributed by atoms with Crippen molar-refractivity contribution in [1.29, 1.82) is 0 Å². The zero-order valence-corrected chi connectivity index (χ0v) is 11.3. The number of nitrogens with one attached hydrogen (secondary N) is 1. The first kappa shape index (κ1) is 16.8. The Bertz CT molecular complexity index is 243. The maximum atomic E-state index is 10.9. The van der Waals surface area contributed by atoms with Crippen molar-refractivity contribution < 1.29 is 53.4 Å². The van der Waals surface area contributed by atoms with Crippen LogP contribution in [0.15, 0.2) is 0 Å². The van der Waals surface area contributed by atoms with Crippen LogP contribution in [0.1, 0.15) is 27.2 Å². The van der Waals surface area contributed by atoms with Crippen molar-refractivity contribution in [3.63, 3.8) is 0 Å². The molecule has 7 heteroatoms. The van der Waals surface area contributed by atoms with Crippen LogP contribution < -0.4 is 34.9 Å². The second-order valence-electron chi connectivity index (χ2n) is 2.63. The van der Waals surface area contributed by atoms with Crippen molar-refractivity contribution in [3.8, 4) is 0 Å². The zero-order valence-electron chi connectivity index (χ0n) is 9.33. The van der Waals surface area contributed by atoms with Gasteiger partial charge in [0.1, 0.15) is 6.10 Å². The zero-order chi connectivity index (χ0) is 11.1. The van der Waals surface area contributed by atoms with Gasteiger partial charge in [0.2, 0.25) is 0 Å². The third-order valence-electron chi connectivity index (χ3n) is 1.32. The van der Waals surface area contributed by atoms with Gasteiger partial charge in [-0.15, -0.1) is 0 Å². The number of carbonyl (C=O) groups is 3. The molecule has 0 aliphatic carbocycles. The first-order valence-corrected chi connectivity index (χ1v) is 4.15. The van der Waals surface area contributed by atoms with Crippen LogP contribution in [0.3, 0.4) is 0 Å². The topological polar surface area (TPSA) is 81.7 Å². The Morgan fingerprint density at radius 3 is 2.20 bits per heavy atom. The molecule has 0 fully saturated rings. The van der Waals surface area contributed by atoms with E-state index >= 15 is 0 Å². The molecule has 0 aliphatic heterocycles. The standard InChI is InChI=1S/C8H13NO5.Na/c1-4-5(2)13-7(11)9-8(12)14-6(3)10;/h5H,4H2,1-3H3,(H,9,11,12);/q;+1. The minimum atomic E-state index is -1.13. The Hall–Kier alpha value is -0.590. The van der Waals surface area contributed by atoms with Gasteiger partial charge in [-0.3, -0.25) is 4.79 Å². The van der Waals surface area contributed by atoms with Crippen LogP contribution in [0.2, 0.25) is 0 Å². The van der Waals surface area contributed by atoms with Crippen molar-refractivity contribution in [2.45, 2.75) is 33.3 Å². The van der Waals surface area contributed by atoms with E-state index in [0.717, 1.165) is 6.92 Å². The molecule has 0 spiro atoms. The predicted octanol–water partition coefficient (Wildman–Crippen LogP) is -1.80. The third kappa shape index (κ3) is 9.71. The number of carbonyl (C=O) groups excluding carboxylic acids is 3. The Balaban J connectivity index is 0. The monoisotopic (exact) mass is 226 g/mol. The molecule has 0 saturated carbocycles. The molecule has 1 N–H and O–H groups in total. The Labute approximate surface area is 110 Å². The molecule has 0 aliphatic rings. The van der Waals surface area contributed by atoms with Crippen molar-refractivity contribution in [2.24, 2.45) is 0 Å². The summed E-state index contributed by atoms with van der Waals surface area (Å²) in [5.41, 5.74) is 0. The van der Waals surface area contributed by atoms with Gasteiger partial charge in [0.05, 0.1) is 0 Å². The van der Waals surface area contributed by atoms with Crippen LogP contribution in [0, 0.1) is 0 Å².